The fraction of sp³-hybridized carbons (Fsp3) is 0.150. The maximum Gasteiger partial charge on any atom is 0.319 e. The molecule has 7 heteroatoms. The van der Waals surface area contributed by atoms with Gasteiger partial charge in [0.05, 0.1) is 11.7 Å². The highest BCUT2D eigenvalue weighted by Gasteiger charge is 2.11. The van der Waals surface area contributed by atoms with Crippen molar-refractivity contribution in [3.05, 3.63) is 66.0 Å². The summed E-state index contributed by atoms with van der Waals surface area (Å²) in [6.07, 6.45) is 3.42. The number of anilines is 1. The molecule has 0 saturated carbocycles. The van der Waals surface area contributed by atoms with Crippen LogP contribution in [0.25, 0.3) is 22.2 Å². The zero-order valence-corrected chi connectivity index (χ0v) is 15.2. The summed E-state index contributed by atoms with van der Waals surface area (Å²) in [6, 6.07) is 13.7. The largest absolute Gasteiger partial charge is 0.334 e. The number of carbonyl (C=O) groups is 1. The molecule has 0 aliphatic carbocycles. The van der Waals surface area contributed by atoms with Crippen LogP contribution in [-0.2, 0) is 13.6 Å². The second-order valence-electron chi connectivity index (χ2n) is 6.48. The van der Waals surface area contributed by atoms with Gasteiger partial charge in [0.2, 0.25) is 0 Å². The number of urea groups is 1. The van der Waals surface area contributed by atoms with Crippen molar-refractivity contribution in [3.8, 4) is 11.3 Å². The van der Waals surface area contributed by atoms with E-state index < -0.39 is 0 Å². The first kappa shape index (κ1) is 16.8. The van der Waals surface area contributed by atoms with Gasteiger partial charge in [-0.1, -0.05) is 24.3 Å². The Morgan fingerprint density at radius 1 is 1.19 bits per heavy atom. The molecule has 0 spiro atoms. The number of fused-ring (bicyclic) bond motifs is 1. The molecule has 2 amide bonds. The lowest BCUT2D eigenvalue weighted by Crippen LogP contribution is -2.27. The topological polar surface area (TPSA) is 87.6 Å². The van der Waals surface area contributed by atoms with E-state index in [1.54, 1.807) is 12.4 Å². The first-order valence-electron chi connectivity index (χ1n) is 8.66. The van der Waals surface area contributed by atoms with Crippen LogP contribution in [0.2, 0.25) is 0 Å². The number of hydrogen-bond acceptors (Lipinski definition) is 3. The second kappa shape index (κ2) is 6.95. The number of rotatable bonds is 4. The molecule has 0 unspecified atom stereocenters. The van der Waals surface area contributed by atoms with Crippen LogP contribution in [0.4, 0.5) is 10.5 Å². The molecule has 2 heterocycles. The van der Waals surface area contributed by atoms with Gasteiger partial charge in [-0.2, -0.15) is 10.2 Å². The number of aromatic amines is 1. The Labute approximate surface area is 156 Å². The standard InChI is InChI=1S/C20H20N6O/c1-13-3-8-17-18(9-13)26(2)25-19(17)15-4-6-16(7-5-15)24-20(27)21-10-14-11-22-23-12-14/h3-9,11-12H,10H2,1-2H3,(H,22,23)(H2,21,24,27). The third kappa shape index (κ3) is 3.52. The maximum atomic E-state index is 12.0. The van der Waals surface area contributed by atoms with E-state index in [0.29, 0.717) is 6.54 Å². The lowest BCUT2D eigenvalue weighted by atomic mass is 10.1. The van der Waals surface area contributed by atoms with E-state index in [-0.39, 0.29) is 6.03 Å². The molecule has 2 aromatic heterocycles. The van der Waals surface area contributed by atoms with Gasteiger partial charge in [-0.05, 0) is 30.7 Å². The summed E-state index contributed by atoms with van der Waals surface area (Å²) in [6.45, 7) is 2.49. The van der Waals surface area contributed by atoms with Gasteiger partial charge in [0, 0.05) is 42.0 Å². The van der Waals surface area contributed by atoms with Crippen molar-refractivity contribution in [2.24, 2.45) is 7.05 Å². The minimum atomic E-state index is -0.261. The third-order valence-corrected chi connectivity index (χ3v) is 4.43. The van der Waals surface area contributed by atoms with E-state index in [0.717, 1.165) is 33.4 Å². The molecule has 7 nitrogen and oxygen atoms in total. The quantitative estimate of drug-likeness (QED) is 0.520. The summed E-state index contributed by atoms with van der Waals surface area (Å²) in [5, 5.41) is 17.9. The zero-order valence-electron chi connectivity index (χ0n) is 15.2. The molecule has 2 aromatic carbocycles. The van der Waals surface area contributed by atoms with Crippen molar-refractivity contribution in [2.45, 2.75) is 13.5 Å². The van der Waals surface area contributed by atoms with Crippen LogP contribution in [0.3, 0.4) is 0 Å². The van der Waals surface area contributed by atoms with Crippen LogP contribution in [0.5, 0.6) is 0 Å². The lowest BCUT2D eigenvalue weighted by Gasteiger charge is -2.07. The highest BCUT2D eigenvalue weighted by atomic mass is 16.2. The molecule has 3 N–H and O–H groups in total. The molecule has 0 aliphatic heterocycles. The highest BCUT2D eigenvalue weighted by Crippen LogP contribution is 2.29. The van der Waals surface area contributed by atoms with Crippen molar-refractivity contribution in [1.82, 2.24) is 25.3 Å². The molecule has 4 aromatic rings. The summed E-state index contributed by atoms with van der Waals surface area (Å²) in [4.78, 5) is 12.0. The zero-order chi connectivity index (χ0) is 18.8. The minimum Gasteiger partial charge on any atom is -0.334 e. The lowest BCUT2D eigenvalue weighted by molar-refractivity contribution is 0.251. The number of nitrogens with zero attached hydrogens (tertiary/aromatic N) is 3. The number of nitrogens with one attached hydrogen (secondary N) is 3. The Morgan fingerprint density at radius 3 is 2.74 bits per heavy atom. The average Bonchev–Trinajstić information content (AvgIpc) is 3.29. The van der Waals surface area contributed by atoms with Crippen LogP contribution in [-0.4, -0.2) is 26.0 Å². The van der Waals surface area contributed by atoms with Crippen LogP contribution in [0, 0.1) is 6.92 Å². The van der Waals surface area contributed by atoms with E-state index in [4.69, 9.17) is 0 Å². The summed E-state index contributed by atoms with van der Waals surface area (Å²) >= 11 is 0. The highest BCUT2D eigenvalue weighted by molar-refractivity contribution is 5.94. The molecule has 27 heavy (non-hydrogen) atoms. The maximum absolute atomic E-state index is 12.0. The average molecular weight is 360 g/mol. The second-order valence-corrected chi connectivity index (χ2v) is 6.48. The smallest absolute Gasteiger partial charge is 0.319 e. The molecule has 0 atom stereocenters. The Morgan fingerprint density at radius 2 is 2.00 bits per heavy atom. The van der Waals surface area contributed by atoms with Gasteiger partial charge in [0.1, 0.15) is 5.69 Å². The van der Waals surface area contributed by atoms with Crippen LogP contribution >= 0.6 is 0 Å². The van der Waals surface area contributed by atoms with Gasteiger partial charge < -0.3 is 10.6 Å². The molecular weight excluding hydrogens is 340 g/mol. The Bertz CT molecular complexity index is 1080. The summed E-state index contributed by atoms with van der Waals surface area (Å²) < 4.78 is 1.90. The minimum absolute atomic E-state index is 0.261. The number of aryl methyl sites for hydroxylation is 2. The summed E-state index contributed by atoms with van der Waals surface area (Å²) in [5.74, 6) is 0. The van der Waals surface area contributed by atoms with E-state index >= 15 is 0 Å². The van der Waals surface area contributed by atoms with Crippen molar-refractivity contribution < 1.29 is 4.79 Å². The molecule has 0 aliphatic rings. The molecule has 0 saturated heterocycles. The SMILES string of the molecule is Cc1ccc2c(-c3ccc(NC(=O)NCc4cn[nH]c4)cc3)nn(C)c2c1. The van der Waals surface area contributed by atoms with Crippen molar-refractivity contribution in [1.29, 1.82) is 0 Å². The van der Waals surface area contributed by atoms with Gasteiger partial charge in [-0.3, -0.25) is 9.78 Å². The van der Waals surface area contributed by atoms with Gasteiger partial charge >= 0.3 is 6.03 Å². The Hall–Kier alpha value is -3.61. The van der Waals surface area contributed by atoms with Crippen molar-refractivity contribution in [2.75, 3.05) is 5.32 Å². The Kier molecular flexibility index (Phi) is 4.33. The van der Waals surface area contributed by atoms with E-state index in [1.807, 2.05) is 36.0 Å². The predicted molar refractivity (Wildman–Crippen MR) is 105 cm³/mol. The molecule has 136 valence electrons. The van der Waals surface area contributed by atoms with E-state index in [9.17, 15) is 4.79 Å². The summed E-state index contributed by atoms with van der Waals surface area (Å²) in [7, 11) is 1.95. The first-order chi connectivity index (χ1) is 13.1. The Balaban J connectivity index is 1.48. The van der Waals surface area contributed by atoms with Crippen molar-refractivity contribution in [3.63, 3.8) is 0 Å². The number of H-pyrrole nitrogens is 1. The molecular formula is C20H20N6O. The number of hydrogen-bond donors (Lipinski definition) is 3. The van der Waals surface area contributed by atoms with Gasteiger partial charge in [0.15, 0.2) is 0 Å². The molecule has 0 bridgehead atoms. The van der Waals surface area contributed by atoms with Gasteiger partial charge in [-0.25, -0.2) is 4.79 Å². The summed E-state index contributed by atoms with van der Waals surface area (Å²) in [5.41, 5.74) is 5.89. The van der Waals surface area contributed by atoms with Crippen LogP contribution in [0.15, 0.2) is 54.9 Å². The van der Waals surface area contributed by atoms with Gasteiger partial charge in [-0.15, -0.1) is 0 Å². The fourth-order valence-corrected chi connectivity index (χ4v) is 3.02. The number of aromatic nitrogens is 4. The van der Waals surface area contributed by atoms with Crippen molar-refractivity contribution >= 4 is 22.6 Å². The van der Waals surface area contributed by atoms with E-state index in [2.05, 4.69) is 51.1 Å². The van der Waals surface area contributed by atoms with E-state index in [1.165, 1.54) is 5.56 Å². The number of benzene rings is 2. The molecule has 0 fully saturated rings. The van der Waals surface area contributed by atoms with Gasteiger partial charge in [0.25, 0.3) is 0 Å². The normalized spacial score (nSPS) is 10.9. The molecule has 0 radical (unpaired) electrons. The monoisotopic (exact) mass is 360 g/mol. The molecule has 4 rings (SSSR count). The third-order valence-electron chi connectivity index (χ3n) is 4.43. The fourth-order valence-electron chi connectivity index (χ4n) is 3.02. The number of amides is 2. The predicted octanol–water partition coefficient (Wildman–Crippen LogP) is 3.59. The van der Waals surface area contributed by atoms with Crippen LogP contribution < -0.4 is 10.6 Å². The van der Waals surface area contributed by atoms with Crippen LogP contribution in [0.1, 0.15) is 11.1 Å². The number of carbonyl (C=O) groups excluding carboxylic acids is 1. The first-order valence-corrected chi connectivity index (χ1v) is 8.66.